The van der Waals surface area contributed by atoms with E-state index in [4.69, 9.17) is 16.7 Å². The Bertz CT molecular complexity index is 422. The van der Waals surface area contributed by atoms with E-state index in [1.54, 1.807) is 0 Å². The van der Waals surface area contributed by atoms with Crippen LogP contribution >= 0.6 is 11.6 Å². The summed E-state index contributed by atoms with van der Waals surface area (Å²) in [6.07, 6.45) is 4.41. The van der Waals surface area contributed by atoms with E-state index in [0.29, 0.717) is 6.42 Å². The number of hydrogen-bond donors (Lipinski definition) is 2. The Morgan fingerprint density at radius 2 is 2.17 bits per heavy atom. The van der Waals surface area contributed by atoms with Gasteiger partial charge >= 0.3 is 5.97 Å². The van der Waals surface area contributed by atoms with Gasteiger partial charge in [0.15, 0.2) is 0 Å². The number of carbonyl (C=O) groups excluding carboxylic acids is 1. The Morgan fingerprint density at radius 1 is 1.44 bits per heavy atom. The molecule has 0 bridgehead atoms. The molecule has 0 aliphatic rings. The normalized spacial score (nSPS) is 11.9. The molecule has 2 N–H and O–H groups in total. The maximum atomic E-state index is 11.7. The first-order chi connectivity index (χ1) is 8.54. The minimum Gasteiger partial charge on any atom is -0.480 e. The summed E-state index contributed by atoms with van der Waals surface area (Å²) in [6, 6.07) is -0.907. The lowest BCUT2D eigenvalue weighted by atomic mass is 10.1. The summed E-state index contributed by atoms with van der Waals surface area (Å²) < 4.78 is 0. The molecule has 6 nitrogen and oxygen atoms in total. The van der Waals surface area contributed by atoms with Crippen LogP contribution in [0.4, 0.5) is 0 Å². The number of amides is 1. The van der Waals surface area contributed by atoms with Crippen molar-refractivity contribution in [1.29, 1.82) is 0 Å². The molecule has 1 amide bonds. The van der Waals surface area contributed by atoms with Crippen molar-refractivity contribution in [2.24, 2.45) is 0 Å². The van der Waals surface area contributed by atoms with Gasteiger partial charge in [-0.2, -0.15) is 0 Å². The first kappa shape index (κ1) is 14.4. The number of hydrogen-bond acceptors (Lipinski definition) is 4. The zero-order valence-corrected chi connectivity index (χ0v) is 10.6. The topological polar surface area (TPSA) is 92.2 Å². The molecule has 0 aromatic carbocycles. The van der Waals surface area contributed by atoms with Crippen LogP contribution in [0.5, 0.6) is 0 Å². The van der Waals surface area contributed by atoms with Crippen molar-refractivity contribution in [2.45, 2.75) is 32.2 Å². The van der Waals surface area contributed by atoms with Gasteiger partial charge in [-0.3, -0.25) is 4.79 Å². The minimum absolute atomic E-state index is 0.0437. The molecule has 0 spiro atoms. The molecule has 18 heavy (non-hydrogen) atoms. The van der Waals surface area contributed by atoms with E-state index in [0.717, 1.165) is 12.8 Å². The smallest absolute Gasteiger partial charge is 0.326 e. The van der Waals surface area contributed by atoms with Gasteiger partial charge in [-0.05, 0) is 6.42 Å². The summed E-state index contributed by atoms with van der Waals surface area (Å²) in [4.78, 5) is 30.1. The van der Waals surface area contributed by atoms with Crippen LogP contribution < -0.4 is 5.32 Å². The van der Waals surface area contributed by atoms with Gasteiger partial charge in [-0.1, -0.05) is 31.4 Å². The fourth-order valence-electron chi connectivity index (χ4n) is 1.33. The second-order valence-corrected chi connectivity index (χ2v) is 4.12. The Labute approximate surface area is 109 Å². The molecule has 0 saturated carbocycles. The quantitative estimate of drug-likeness (QED) is 0.818. The summed E-state index contributed by atoms with van der Waals surface area (Å²) in [6.45, 7) is 1.95. The Hall–Kier alpha value is -1.69. The molecule has 0 unspecified atom stereocenters. The third-order valence-corrected chi connectivity index (χ3v) is 2.50. The molecule has 0 radical (unpaired) electrons. The fourth-order valence-corrected chi connectivity index (χ4v) is 1.42. The number of aliphatic carboxylic acids is 1. The molecule has 0 aliphatic carbocycles. The number of rotatable bonds is 6. The molecule has 0 aliphatic heterocycles. The highest BCUT2D eigenvalue weighted by atomic mass is 35.5. The van der Waals surface area contributed by atoms with E-state index in [2.05, 4.69) is 15.3 Å². The fraction of sp³-hybridized carbons (Fsp3) is 0.455. The summed E-state index contributed by atoms with van der Waals surface area (Å²) in [5.74, 6) is -1.62. The first-order valence-electron chi connectivity index (χ1n) is 5.55. The number of halogens is 1. The molecule has 1 rings (SSSR count). The van der Waals surface area contributed by atoms with Crippen molar-refractivity contribution in [3.8, 4) is 0 Å². The maximum Gasteiger partial charge on any atom is 0.326 e. The number of unbranched alkanes of at least 4 members (excludes halogenated alkanes) is 1. The van der Waals surface area contributed by atoms with Gasteiger partial charge in [-0.25, -0.2) is 14.8 Å². The summed E-state index contributed by atoms with van der Waals surface area (Å²) in [7, 11) is 0. The van der Waals surface area contributed by atoms with Gasteiger partial charge in [-0.15, -0.1) is 0 Å². The third kappa shape index (κ3) is 4.29. The van der Waals surface area contributed by atoms with E-state index in [9.17, 15) is 9.59 Å². The van der Waals surface area contributed by atoms with Crippen LogP contribution in [0.3, 0.4) is 0 Å². The van der Waals surface area contributed by atoms with E-state index in [1.165, 1.54) is 12.4 Å². The number of carboxylic acids is 1. The lowest BCUT2D eigenvalue weighted by molar-refractivity contribution is -0.139. The monoisotopic (exact) mass is 271 g/mol. The standard InChI is InChI=1S/C11H14ClN3O3/c1-2-3-4-7(11(17)18)15-10(16)8-5-14-9(12)6-13-8/h5-7H,2-4H2,1H3,(H,15,16)(H,17,18)/t7-/m0/s1. The Balaban J connectivity index is 2.66. The van der Waals surface area contributed by atoms with Crippen LogP contribution in [0.1, 0.15) is 36.7 Å². The zero-order valence-electron chi connectivity index (χ0n) is 9.89. The lowest BCUT2D eigenvalue weighted by Crippen LogP contribution is -2.41. The number of carbonyl (C=O) groups is 2. The van der Waals surface area contributed by atoms with Crippen molar-refractivity contribution in [3.05, 3.63) is 23.2 Å². The molecule has 7 heteroatoms. The number of aromatic nitrogens is 2. The molecule has 98 valence electrons. The lowest BCUT2D eigenvalue weighted by Gasteiger charge is -2.13. The molecular formula is C11H14ClN3O3. The van der Waals surface area contributed by atoms with Crippen LogP contribution in [0.25, 0.3) is 0 Å². The van der Waals surface area contributed by atoms with E-state index < -0.39 is 17.9 Å². The molecule has 0 fully saturated rings. The molecular weight excluding hydrogens is 258 g/mol. The molecule has 1 atom stereocenters. The number of nitrogens with one attached hydrogen (secondary N) is 1. The third-order valence-electron chi connectivity index (χ3n) is 2.30. The SMILES string of the molecule is CCCC[C@H](NC(=O)c1cnc(Cl)cn1)C(=O)O. The zero-order chi connectivity index (χ0) is 13.5. The van der Waals surface area contributed by atoms with Crippen LogP contribution in [0.2, 0.25) is 5.15 Å². The van der Waals surface area contributed by atoms with E-state index in [-0.39, 0.29) is 10.8 Å². The summed E-state index contributed by atoms with van der Waals surface area (Å²) in [5, 5.41) is 11.5. The summed E-state index contributed by atoms with van der Waals surface area (Å²) in [5.41, 5.74) is 0.0437. The van der Waals surface area contributed by atoms with Gasteiger partial charge < -0.3 is 10.4 Å². The van der Waals surface area contributed by atoms with Crippen LogP contribution in [-0.2, 0) is 4.79 Å². The van der Waals surface area contributed by atoms with Crippen molar-refractivity contribution in [1.82, 2.24) is 15.3 Å². The van der Waals surface area contributed by atoms with Gasteiger partial charge in [0, 0.05) is 0 Å². The van der Waals surface area contributed by atoms with Gasteiger partial charge in [0.2, 0.25) is 0 Å². The van der Waals surface area contributed by atoms with Crippen LogP contribution in [0, 0.1) is 0 Å². The molecule has 1 aromatic heterocycles. The highest BCUT2D eigenvalue weighted by Crippen LogP contribution is 2.04. The van der Waals surface area contributed by atoms with Gasteiger partial charge in [0.25, 0.3) is 5.91 Å². The molecule has 1 aromatic rings. The predicted molar refractivity (Wildman–Crippen MR) is 65.5 cm³/mol. The average molecular weight is 272 g/mol. The number of carboxylic acid groups (broad SMARTS) is 1. The average Bonchev–Trinajstić information content (AvgIpc) is 2.34. The second kappa shape index (κ2) is 6.90. The Kier molecular flexibility index (Phi) is 5.51. The molecule has 0 saturated heterocycles. The largest absolute Gasteiger partial charge is 0.480 e. The maximum absolute atomic E-state index is 11.7. The van der Waals surface area contributed by atoms with Crippen molar-refractivity contribution in [3.63, 3.8) is 0 Å². The predicted octanol–water partition coefficient (Wildman–Crippen LogP) is 1.50. The highest BCUT2D eigenvalue weighted by molar-refractivity contribution is 6.29. The van der Waals surface area contributed by atoms with Crippen molar-refractivity contribution < 1.29 is 14.7 Å². The second-order valence-electron chi connectivity index (χ2n) is 3.73. The van der Waals surface area contributed by atoms with Crippen LogP contribution in [0.15, 0.2) is 12.4 Å². The highest BCUT2D eigenvalue weighted by Gasteiger charge is 2.20. The van der Waals surface area contributed by atoms with E-state index >= 15 is 0 Å². The van der Waals surface area contributed by atoms with Gasteiger partial charge in [0.1, 0.15) is 16.9 Å². The van der Waals surface area contributed by atoms with E-state index in [1.807, 2.05) is 6.92 Å². The van der Waals surface area contributed by atoms with Gasteiger partial charge in [0.05, 0.1) is 12.4 Å². The number of nitrogens with zero attached hydrogens (tertiary/aromatic N) is 2. The van der Waals surface area contributed by atoms with Crippen molar-refractivity contribution in [2.75, 3.05) is 0 Å². The van der Waals surface area contributed by atoms with Crippen LogP contribution in [-0.4, -0.2) is 33.0 Å². The molecule has 1 heterocycles. The summed E-state index contributed by atoms with van der Waals surface area (Å²) >= 11 is 5.54. The first-order valence-corrected chi connectivity index (χ1v) is 5.93. The Morgan fingerprint density at radius 3 is 2.67 bits per heavy atom. The van der Waals surface area contributed by atoms with Crippen molar-refractivity contribution >= 4 is 23.5 Å². The minimum atomic E-state index is -1.06.